The highest BCUT2D eigenvalue weighted by molar-refractivity contribution is 5.75. The molecule has 18 heavy (non-hydrogen) atoms. The van der Waals surface area contributed by atoms with E-state index in [-0.39, 0.29) is 12.0 Å². The summed E-state index contributed by atoms with van der Waals surface area (Å²) >= 11 is 0. The van der Waals surface area contributed by atoms with E-state index in [2.05, 4.69) is 23.6 Å². The van der Waals surface area contributed by atoms with Crippen LogP contribution in [0.5, 0.6) is 0 Å². The van der Waals surface area contributed by atoms with Crippen molar-refractivity contribution in [3.8, 4) is 0 Å². The smallest absolute Gasteiger partial charge is 0.323 e. The molecule has 106 valence electrons. The first-order chi connectivity index (χ1) is 8.20. The summed E-state index contributed by atoms with van der Waals surface area (Å²) in [4.78, 5) is 16.7. The Hall–Kier alpha value is -0.610. The van der Waals surface area contributed by atoms with Crippen molar-refractivity contribution in [2.24, 2.45) is 0 Å². The van der Waals surface area contributed by atoms with Crippen molar-refractivity contribution >= 4 is 5.97 Å². The second kappa shape index (κ2) is 6.02. The lowest BCUT2D eigenvalue weighted by atomic mass is 10.1. The van der Waals surface area contributed by atoms with Crippen molar-refractivity contribution in [1.29, 1.82) is 0 Å². The third-order valence-electron chi connectivity index (χ3n) is 3.37. The quantitative estimate of drug-likeness (QED) is 0.720. The van der Waals surface area contributed by atoms with E-state index >= 15 is 0 Å². The molecule has 4 heteroatoms. The van der Waals surface area contributed by atoms with E-state index in [4.69, 9.17) is 4.74 Å². The zero-order chi connectivity index (χ0) is 13.9. The number of carbonyl (C=O) groups excluding carboxylic acids is 1. The van der Waals surface area contributed by atoms with Gasteiger partial charge < -0.3 is 4.74 Å². The van der Waals surface area contributed by atoms with E-state index in [1.807, 2.05) is 27.7 Å². The molecule has 1 unspecified atom stereocenters. The third-order valence-corrected chi connectivity index (χ3v) is 3.37. The van der Waals surface area contributed by atoms with Crippen LogP contribution in [0, 0.1) is 0 Å². The Balaban J connectivity index is 2.45. The molecule has 0 aromatic rings. The van der Waals surface area contributed by atoms with Gasteiger partial charge in [0.25, 0.3) is 0 Å². The molecule has 0 aromatic carbocycles. The molecule has 0 amide bonds. The Morgan fingerprint density at radius 2 is 1.44 bits per heavy atom. The van der Waals surface area contributed by atoms with Gasteiger partial charge in [-0.25, -0.2) is 0 Å². The minimum Gasteiger partial charge on any atom is -0.459 e. The van der Waals surface area contributed by atoms with Crippen LogP contribution < -0.4 is 0 Å². The molecule has 1 aliphatic heterocycles. The average molecular weight is 256 g/mol. The van der Waals surface area contributed by atoms with E-state index < -0.39 is 5.60 Å². The Morgan fingerprint density at radius 3 is 1.83 bits per heavy atom. The van der Waals surface area contributed by atoms with Crippen LogP contribution in [0.25, 0.3) is 0 Å². The lowest BCUT2D eigenvalue weighted by Crippen LogP contribution is -2.54. The fraction of sp³-hybridized carbons (Fsp3) is 0.929. The van der Waals surface area contributed by atoms with Crippen molar-refractivity contribution in [2.45, 2.75) is 59.2 Å². The van der Waals surface area contributed by atoms with Crippen LogP contribution in [0.1, 0.15) is 41.5 Å². The maximum absolute atomic E-state index is 12.0. The van der Waals surface area contributed by atoms with Gasteiger partial charge in [0, 0.05) is 32.2 Å². The SMILES string of the molecule is CC(C)N1CCN(C(C)C(=O)OC(C)(C)C)CC1. The number of esters is 1. The van der Waals surface area contributed by atoms with Crippen LogP contribution in [0.2, 0.25) is 0 Å². The summed E-state index contributed by atoms with van der Waals surface area (Å²) in [6.07, 6.45) is 0. The highest BCUT2D eigenvalue weighted by Gasteiger charge is 2.29. The second-order valence-corrected chi connectivity index (χ2v) is 6.38. The number of hydrogen-bond donors (Lipinski definition) is 0. The van der Waals surface area contributed by atoms with Crippen LogP contribution in [-0.2, 0) is 9.53 Å². The van der Waals surface area contributed by atoms with Gasteiger partial charge in [-0.15, -0.1) is 0 Å². The van der Waals surface area contributed by atoms with E-state index in [9.17, 15) is 4.79 Å². The van der Waals surface area contributed by atoms with E-state index in [1.165, 1.54) is 0 Å². The summed E-state index contributed by atoms with van der Waals surface area (Å²) in [5, 5.41) is 0. The zero-order valence-corrected chi connectivity index (χ0v) is 12.7. The number of ether oxygens (including phenoxy) is 1. The van der Waals surface area contributed by atoms with Gasteiger partial charge in [0.15, 0.2) is 0 Å². The van der Waals surface area contributed by atoms with Crippen LogP contribution in [-0.4, -0.2) is 59.6 Å². The minimum atomic E-state index is -0.398. The molecule has 1 fully saturated rings. The largest absolute Gasteiger partial charge is 0.459 e. The van der Waals surface area contributed by atoms with Gasteiger partial charge in [-0.05, 0) is 41.5 Å². The fourth-order valence-electron chi connectivity index (χ4n) is 2.18. The molecule has 0 aliphatic carbocycles. The number of piperazine rings is 1. The lowest BCUT2D eigenvalue weighted by molar-refractivity contribution is -0.161. The Morgan fingerprint density at radius 1 is 1.00 bits per heavy atom. The van der Waals surface area contributed by atoms with Crippen LogP contribution in [0.15, 0.2) is 0 Å². The van der Waals surface area contributed by atoms with Gasteiger partial charge in [0.05, 0.1) is 0 Å². The minimum absolute atomic E-state index is 0.111. The molecule has 0 saturated carbocycles. The van der Waals surface area contributed by atoms with Gasteiger partial charge in [0.1, 0.15) is 11.6 Å². The monoisotopic (exact) mass is 256 g/mol. The summed E-state index contributed by atoms with van der Waals surface area (Å²) in [5.41, 5.74) is -0.398. The topological polar surface area (TPSA) is 32.8 Å². The van der Waals surface area contributed by atoms with Crippen molar-refractivity contribution in [2.75, 3.05) is 26.2 Å². The first-order valence-electron chi connectivity index (χ1n) is 6.91. The first-order valence-corrected chi connectivity index (χ1v) is 6.91. The van der Waals surface area contributed by atoms with Gasteiger partial charge in [-0.1, -0.05) is 0 Å². The molecular formula is C14H28N2O2. The summed E-state index contributed by atoms with van der Waals surface area (Å²) in [7, 11) is 0. The van der Waals surface area contributed by atoms with Gasteiger partial charge in [0.2, 0.25) is 0 Å². The van der Waals surface area contributed by atoms with Crippen LogP contribution >= 0.6 is 0 Å². The molecule has 4 nitrogen and oxygen atoms in total. The third kappa shape index (κ3) is 4.58. The number of rotatable bonds is 3. The Labute approximate surface area is 111 Å². The van der Waals surface area contributed by atoms with Crippen molar-refractivity contribution in [3.05, 3.63) is 0 Å². The molecule has 0 spiro atoms. The summed E-state index contributed by atoms with van der Waals surface area (Å²) in [5.74, 6) is -0.111. The average Bonchev–Trinajstić information content (AvgIpc) is 2.26. The van der Waals surface area contributed by atoms with Gasteiger partial charge >= 0.3 is 5.97 Å². The maximum atomic E-state index is 12.0. The van der Waals surface area contributed by atoms with E-state index in [0.717, 1.165) is 26.2 Å². The molecule has 0 aromatic heterocycles. The number of hydrogen-bond acceptors (Lipinski definition) is 4. The van der Waals surface area contributed by atoms with Crippen molar-refractivity contribution in [3.63, 3.8) is 0 Å². The van der Waals surface area contributed by atoms with Crippen LogP contribution in [0.4, 0.5) is 0 Å². The molecule has 1 rings (SSSR count). The molecule has 0 bridgehead atoms. The molecule has 0 N–H and O–H groups in total. The Bertz CT molecular complexity index is 276. The first kappa shape index (κ1) is 15.4. The van der Waals surface area contributed by atoms with E-state index in [1.54, 1.807) is 0 Å². The molecular weight excluding hydrogens is 228 g/mol. The maximum Gasteiger partial charge on any atom is 0.323 e. The summed E-state index contributed by atoms with van der Waals surface area (Å²) in [6.45, 7) is 16.1. The Kier molecular flexibility index (Phi) is 5.17. The number of nitrogens with zero attached hydrogens (tertiary/aromatic N) is 2. The highest BCUT2D eigenvalue weighted by Crippen LogP contribution is 2.14. The molecule has 1 atom stereocenters. The van der Waals surface area contributed by atoms with E-state index in [0.29, 0.717) is 6.04 Å². The standard InChI is InChI=1S/C14H28N2O2/c1-11(2)15-7-9-16(10-8-15)12(3)13(17)18-14(4,5)6/h11-12H,7-10H2,1-6H3. The van der Waals surface area contributed by atoms with Crippen molar-refractivity contribution in [1.82, 2.24) is 9.80 Å². The normalized spacial score (nSPS) is 21.1. The molecule has 1 aliphatic rings. The predicted octanol–water partition coefficient (Wildman–Crippen LogP) is 1.74. The highest BCUT2D eigenvalue weighted by atomic mass is 16.6. The number of carbonyl (C=O) groups is 1. The van der Waals surface area contributed by atoms with Gasteiger partial charge in [-0.2, -0.15) is 0 Å². The zero-order valence-electron chi connectivity index (χ0n) is 12.7. The van der Waals surface area contributed by atoms with Crippen LogP contribution in [0.3, 0.4) is 0 Å². The van der Waals surface area contributed by atoms with Gasteiger partial charge in [-0.3, -0.25) is 14.6 Å². The summed E-state index contributed by atoms with van der Waals surface area (Å²) < 4.78 is 5.43. The fourth-order valence-corrected chi connectivity index (χ4v) is 2.18. The molecule has 1 saturated heterocycles. The second-order valence-electron chi connectivity index (χ2n) is 6.38. The lowest BCUT2D eigenvalue weighted by Gasteiger charge is -2.39. The predicted molar refractivity (Wildman–Crippen MR) is 73.6 cm³/mol. The molecule has 0 radical (unpaired) electrons. The van der Waals surface area contributed by atoms with Crippen molar-refractivity contribution < 1.29 is 9.53 Å². The molecule has 1 heterocycles. The summed E-state index contributed by atoms with van der Waals surface area (Å²) in [6, 6.07) is 0.447.